The van der Waals surface area contributed by atoms with Gasteiger partial charge >= 0.3 is 0 Å². The Kier molecular flexibility index (Phi) is 4.94. The second-order valence-electron chi connectivity index (χ2n) is 6.14. The van der Waals surface area contributed by atoms with Gasteiger partial charge in [-0.1, -0.05) is 47.5 Å². The van der Waals surface area contributed by atoms with Crippen LogP contribution >= 0.6 is 23.2 Å². The fourth-order valence-electron chi connectivity index (χ4n) is 3.00. The van der Waals surface area contributed by atoms with Crippen LogP contribution in [0.5, 0.6) is 0 Å². The molecule has 3 aromatic rings. The summed E-state index contributed by atoms with van der Waals surface area (Å²) in [5.74, 6) is -0.403. The van der Waals surface area contributed by atoms with Crippen LogP contribution in [-0.4, -0.2) is 16.7 Å². The zero-order valence-corrected chi connectivity index (χ0v) is 16.0. The Labute approximate surface area is 171 Å². The molecule has 28 heavy (non-hydrogen) atoms. The number of furan rings is 1. The van der Waals surface area contributed by atoms with Gasteiger partial charge in [0.2, 0.25) is 0 Å². The first kappa shape index (κ1) is 18.3. The van der Waals surface area contributed by atoms with E-state index < -0.39 is 11.8 Å². The number of hydrogen-bond acceptors (Lipinski definition) is 4. The molecule has 7 heteroatoms. The van der Waals surface area contributed by atoms with Crippen molar-refractivity contribution in [3.05, 3.63) is 94.0 Å². The molecule has 2 aromatic carbocycles. The van der Waals surface area contributed by atoms with Crippen LogP contribution in [0.4, 0.5) is 5.69 Å². The molecule has 1 aliphatic rings. The highest BCUT2D eigenvalue weighted by Gasteiger charge is 2.40. The minimum atomic E-state index is -0.455. The molecule has 1 aliphatic heterocycles. The number of para-hydroxylation sites is 1. The van der Waals surface area contributed by atoms with Gasteiger partial charge in [0, 0.05) is 16.3 Å². The summed E-state index contributed by atoms with van der Waals surface area (Å²) >= 11 is 12.3. The van der Waals surface area contributed by atoms with Gasteiger partial charge in [-0.2, -0.15) is 0 Å². The minimum absolute atomic E-state index is 0.0271. The summed E-state index contributed by atoms with van der Waals surface area (Å²) in [6.45, 7) is 0.0271. The topological polar surface area (TPSA) is 62.6 Å². The van der Waals surface area contributed by atoms with E-state index in [1.54, 1.807) is 42.5 Å². The fraction of sp³-hybridized carbons (Fsp3) is 0.0476. The molecular weight excluding hydrogens is 399 g/mol. The van der Waals surface area contributed by atoms with E-state index in [1.165, 1.54) is 6.26 Å². The van der Waals surface area contributed by atoms with Gasteiger partial charge in [-0.3, -0.25) is 14.5 Å². The number of hydrogen-bond donors (Lipinski definition) is 1. The number of carbonyl (C=O) groups is 2. The van der Waals surface area contributed by atoms with Crippen molar-refractivity contribution in [1.82, 2.24) is 4.90 Å². The minimum Gasteiger partial charge on any atom is -0.467 e. The van der Waals surface area contributed by atoms with E-state index in [0.29, 0.717) is 22.0 Å². The molecule has 0 radical (unpaired) electrons. The molecule has 1 aromatic heterocycles. The van der Waals surface area contributed by atoms with Crippen LogP contribution in [0, 0.1) is 0 Å². The van der Waals surface area contributed by atoms with Crippen molar-refractivity contribution < 1.29 is 14.0 Å². The highest BCUT2D eigenvalue weighted by molar-refractivity contribution is 6.41. The van der Waals surface area contributed by atoms with Crippen LogP contribution in [0.15, 0.2) is 77.0 Å². The maximum Gasteiger partial charge on any atom is 0.278 e. The number of carbonyl (C=O) groups excluding carboxylic acids is 2. The van der Waals surface area contributed by atoms with Crippen LogP contribution in [0.1, 0.15) is 11.3 Å². The second-order valence-corrected chi connectivity index (χ2v) is 6.98. The third kappa shape index (κ3) is 3.42. The van der Waals surface area contributed by atoms with Crippen molar-refractivity contribution in [2.75, 3.05) is 5.32 Å². The van der Waals surface area contributed by atoms with E-state index in [9.17, 15) is 9.59 Å². The van der Waals surface area contributed by atoms with Gasteiger partial charge in [0.15, 0.2) is 0 Å². The summed E-state index contributed by atoms with van der Waals surface area (Å²) in [5.41, 5.74) is 1.47. The molecule has 2 amide bonds. The summed E-state index contributed by atoms with van der Waals surface area (Å²) in [6, 6.07) is 17.4. The van der Waals surface area contributed by atoms with Gasteiger partial charge < -0.3 is 9.73 Å². The van der Waals surface area contributed by atoms with Crippen molar-refractivity contribution >= 4 is 46.3 Å². The van der Waals surface area contributed by atoms with E-state index in [1.807, 2.05) is 18.2 Å². The average Bonchev–Trinajstić information content (AvgIpc) is 3.27. The first-order valence-electron chi connectivity index (χ1n) is 8.45. The van der Waals surface area contributed by atoms with Crippen molar-refractivity contribution in [3.63, 3.8) is 0 Å². The van der Waals surface area contributed by atoms with Gasteiger partial charge in [-0.25, -0.2) is 0 Å². The van der Waals surface area contributed by atoms with Gasteiger partial charge in [-0.05, 0) is 36.4 Å². The molecule has 0 aliphatic carbocycles. The number of nitrogens with one attached hydrogen (secondary N) is 1. The summed E-state index contributed by atoms with van der Waals surface area (Å²) < 4.78 is 5.30. The predicted molar refractivity (Wildman–Crippen MR) is 108 cm³/mol. The largest absolute Gasteiger partial charge is 0.467 e. The highest BCUT2D eigenvalue weighted by atomic mass is 35.5. The first-order chi connectivity index (χ1) is 13.5. The number of nitrogens with zero attached hydrogens (tertiary/aromatic N) is 1. The second kappa shape index (κ2) is 7.54. The lowest BCUT2D eigenvalue weighted by atomic mass is 10.0. The van der Waals surface area contributed by atoms with Crippen LogP contribution < -0.4 is 5.32 Å². The molecule has 0 saturated heterocycles. The van der Waals surface area contributed by atoms with Gasteiger partial charge in [-0.15, -0.1) is 0 Å². The number of anilines is 1. The Balaban J connectivity index is 1.79. The zero-order chi connectivity index (χ0) is 19.7. The molecule has 0 atom stereocenters. The van der Waals surface area contributed by atoms with Gasteiger partial charge in [0.25, 0.3) is 11.8 Å². The molecule has 0 unspecified atom stereocenters. The molecule has 4 rings (SSSR count). The molecule has 5 nitrogen and oxygen atoms in total. The molecule has 140 valence electrons. The van der Waals surface area contributed by atoms with Gasteiger partial charge in [0.1, 0.15) is 11.5 Å². The lowest BCUT2D eigenvalue weighted by Crippen LogP contribution is -2.31. The van der Waals surface area contributed by atoms with E-state index in [0.717, 1.165) is 4.90 Å². The molecule has 0 fully saturated rings. The first-order valence-corrected chi connectivity index (χ1v) is 9.20. The number of halogens is 2. The van der Waals surface area contributed by atoms with Gasteiger partial charge in [0.05, 0.1) is 23.4 Å². The Morgan fingerprint density at radius 3 is 2.39 bits per heavy atom. The predicted octanol–water partition coefficient (Wildman–Crippen LogP) is 4.98. The monoisotopic (exact) mass is 412 g/mol. The molecule has 0 saturated carbocycles. The Hall–Kier alpha value is -3.02. The third-order valence-electron chi connectivity index (χ3n) is 4.31. The maximum absolute atomic E-state index is 13.2. The number of rotatable bonds is 5. The number of amides is 2. The van der Waals surface area contributed by atoms with Crippen LogP contribution in [0.25, 0.3) is 5.57 Å². The lowest BCUT2D eigenvalue weighted by molar-refractivity contribution is -0.137. The van der Waals surface area contributed by atoms with E-state index in [2.05, 4.69) is 5.32 Å². The summed E-state index contributed by atoms with van der Waals surface area (Å²) in [4.78, 5) is 27.4. The number of imide groups is 1. The molecule has 1 N–H and O–H groups in total. The van der Waals surface area contributed by atoms with Crippen molar-refractivity contribution in [2.24, 2.45) is 0 Å². The molecule has 2 heterocycles. The smallest absolute Gasteiger partial charge is 0.278 e. The summed E-state index contributed by atoms with van der Waals surface area (Å²) in [6.07, 6.45) is 1.49. The van der Waals surface area contributed by atoms with Crippen LogP contribution in [0.2, 0.25) is 10.0 Å². The number of benzene rings is 2. The van der Waals surface area contributed by atoms with Crippen molar-refractivity contribution in [1.29, 1.82) is 0 Å². The maximum atomic E-state index is 13.2. The summed E-state index contributed by atoms with van der Waals surface area (Å²) in [7, 11) is 0. The Bertz CT molecular complexity index is 1080. The van der Waals surface area contributed by atoms with Crippen molar-refractivity contribution in [3.8, 4) is 0 Å². The average molecular weight is 413 g/mol. The molecule has 0 spiro atoms. The quantitative estimate of drug-likeness (QED) is 0.600. The van der Waals surface area contributed by atoms with Crippen LogP contribution in [0.3, 0.4) is 0 Å². The molecular formula is C21H14Cl2N2O3. The van der Waals surface area contributed by atoms with Crippen LogP contribution in [-0.2, 0) is 16.1 Å². The SMILES string of the molecule is O=C1C(Nc2ccccc2)=C(c2ccc(Cl)cc2Cl)C(=O)N1Cc1ccco1. The van der Waals surface area contributed by atoms with Crippen molar-refractivity contribution in [2.45, 2.75) is 6.54 Å². The normalized spacial score (nSPS) is 14.1. The third-order valence-corrected chi connectivity index (χ3v) is 4.85. The van der Waals surface area contributed by atoms with E-state index >= 15 is 0 Å². The zero-order valence-electron chi connectivity index (χ0n) is 14.5. The van der Waals surface area contributed by atoms with E-state index in [4.69, 9.17) is 27.6 Å². The summed E-state index contributed by atoms with van der Waals surface area (Å²) in [5, 5.41) is 3.80. The standard InChI is InChI=1S/C21H14Cl2N2O3/c22-13-8-9-16(17(23)11-13)18-19(24-14-5-2-1-3-6-14)21(27)25(20(18)26)12-15-7-4-10-28-15/h1-11,24H,12H2. The highest BCUT2D eigenvalue weighted by Crippen LogP contribution is 2.35. The van der Waals surface area contributed by atoms with E-state index in [-0.39, 0.29) is 22.8 Å². The molecule has 0 bridgehead atoms. The lowest BCUT2D eigenvalue weighted by Gasteiger charge is -2.13. The fourth-order valence-corrected chi connectivity index (χ4v) is 3.50. The Morgan fingerprint density at radius 2 is 1.71 bits per heavy atom. The Morgan fingerprint density at radius 1 is 0.929 bits per heavy atom.